The van der Waals surface area contributed by atoms with Gasteiger partial charge in [0.25, 0.3) is 0 Å². The van der Waals surface area contributed by atoms with Gasteiger partial charge in [-0.2, -0.15) is 0 Å². The summed E-state index contributed by atoms with van der Waals surface area (Å²) < 4.78 is 0. The van der Waals surface area contributed by atoms with Crippen LogP contribution in [0.2, 0.25) is 0 Å². The van der Waals surface area contributed by atoms with E-state index in [4.69, 9.17) is 0 Å². The molecule has 2 fully saturated rings. The predicted octanol–water partition coefficient (Wildman–Crippen LogP) is 2.06. The summed E-state index contributed by atoms with van der Waals surface area (Å²) in [6.45, 7) is 4.85. The topological polar surface area (TPSA) is 35.5 Å². The summed E-state index contributed by atoms with van der Waals surface area (Å²) in [6, 6.07) is 11.3. The van der Waals surface area contributed by atoms with Crippen LogP contribution in [0.1, 0.15) is 31.2 Å². The van der Waals surface area contributed by atoms with Crippen molar-refractivity contribution < 1.29 is 5.11 Å². The lowest BCUT2D eigenvalue weighted by molar-refractivity contribution is -0.0197. The molecule has 1 aromatic carbocycles. The first-order valence-corrected chi connectivity index (χ1v) is 8.43. The molecule has 2 aliphatic heterocycles. The van der Waals surface area contributed by atoms with Crippen molar-refractivity contribution in [2.45, 2.75) is 38.1 Å². The van der Waals surface area contributed by atoms with E-state index < -0.39 is 0 Å². The van der Waals surface area contributed by atoms with E-state index in [1.165, 1.54) is 37.8 Å². The zero-order valence-electron chi connectivity index (χ0n) is 12.9. The van der Waals surface area contributed by atoms with Crippen LogP contribution in [0.5, 0.6) is 0 Å². The molecule has 21 heavy (non-hydrogen) atoms. The molecular formula is C18H28N2O. The van der Waals surface area contributed by atoms with Crippen LogP contribution in [-0.4, -0.2) is 48.8 Å². The van der Waals surface area contributed by atoms with Gasteiger partial charge in [-0.15, -0.1) is 0 Å². The van der Waals surface area contributed by atoms with Gasteiger partial charge in [-0.25, -0.2) is 0 Å². The van der Waals surface area contributed by atoms with Crippen molar-refractivity contribution in [1.82, 2.24) is 10.2 Å². The summed E-state index contributed by atoms with van der Waals surface area (Å²) in [7, 11) is 0. The van der Waals surface area contributed by atoms with Crippen molar-refractivity contribution >= 4 is 0 Å². The third-order valence-corrected chi connectivity index (χ3v) is 5.35. The summed E-state index contributed by atoms with van der Waals surface area (Å²) in [6.07, 6.45) is 5.94. The van der Waals surface area contributed by atoms with Crippen LogP contribution in [0, 0.1) is 5.41 Å². The van der Waals surface area contributed by atoms with E-state index in [2.05, 4.69) is 40.5 Å². The lowest BCUT2D eigenvalue weighted by Gasteiger charge is -2.50. The highest BCUT2D eigenvalue weighted by molar-refractivity contribution is 5.14. The Kier molecular flexibility index (Phi) is 4.94. The number of nitrogens with one attached hydrogen (secondary N) is 1. The average Bonchev–Trinajstić information content (AvgIpc) is 2.55. The van der Waals surface area contributed by atoms with Gasteiger partial charge < -0.3 is 15.3 Å². The Morgan fingerprint density at radius 2 is 2.14 bits per heavy atom. The molecule has 0 aliphatic carbocycles. The lowest BCUT2D eigenvalue weighted by Crippen LogP contribution is -2.61. The van der Waals surface area contributed by atoms with Crippen molar-refractivity contribution in [3.63, 3.8) is 0 Å². The molecule has 1 aromatic rings. The number of rotatable bonds is 5. The number of aliphatic hydroxyl groups excluding tert-OH is 1. The van der Waals surface area contributed by atoms with Gasteiger partial charge >= 0.3 is 0 Å². The maximum atomic E-state index is 9.93. The Hall–Kier alpha value is -0.900. The molecule has 3 rings (SSSR count). The van der Waals surface area contributed by atoms with Crippen LogP contribution in [0.15, 0.2) is 30.3 Å². The fourth-order valence-corrected chi connectivity index (χ4v) is 4.12. The van der Waals surface area contributed by atoms with Gasteiger partial charge in [-0.3, -0.25) is 0 Å². The van der Waals surface area contributed by atoms with E-state index in [1.807, 2.05) is 0 Å². The number of aliphatic hydroxyl groups is 1. The number of nitrogens with zero attached hydrogens (tertiary/aromatic N) is 1. The van der Waals surface area contributed by atoms with Gasteiger partial charge in [0.2, 0.25) is 0 Å². The summed E-state index contributed by atoms with van der Waals surface area (Å²) in [5.41, 5.74) is 1.55. The summed E-state index contributed by atoms with van der Waals surface area (Å²) >= 11 is 0. The Morgan fingerprint density at radius 1 is 1.29 bits per heavy atom. The van der Waals surface area contributed by atoms with E-state index in [9.17, 15) is 5.11 Å². The molecule has 0 spiro atoms. The average molecular weight is 288 g/mol. The van der Waals surface area contributed by atoms with E-state index >= 15 is 0 Å². The van der Waals surface area contributed by atoms with Crippen LogP contribution in [0.3, 0.4) is 0 Å². The second-order valence-corrected chi connectivity index (χ2v) is 6.78. The number of hydrogen-bond donors (Lipinski definition) is 2. The van der Waals surface area contributed by atoms with Crippen LogP contribution >= 0.6 is 0 Å². The van der Waals surface area contributed by atoms with Crippen molar-refractivity contribution in [2.24, 2.45) is 5.41 Å². The molecule has 3 nitrogen and oxygen atoms in total. The molecular weight excluding hydrogens is 260 g/mol. The summed E-state index contributed by atoms with van der Waals surface area (Å²) in [5, 5.41) is 13.6. The number of piperidine rings is 2. The highest BCUT2D eigenvalue weighted by Crippen LogP contribution is 2.37. The van der Waals surface area contributed by atoms with Gasteiger partial charge in [-0.1, -0.05) is 30.3 Å². The van der Waals surface area contributed by atoms with Crippen molar-refractivity contribution in [3.8, 4) is 0 Å². The minimum absolute atomic E-state index is 0.114. The van der Waals surface area contributed by atoms with Crippen molar-refractivity contribution in [2.75, 3.05) is 32.8 Å². The maximum absolute atomic E-state index is 9.93. The molecule has 0 saturated carbocycles. The Bertz CT molecular complexity index is 436. The van der Waals surface area contributed by atoms with Crippen LogP contribution in [-0.2, 0) is 6.42 Å². The lowest BCUT2D eigenvalue weighted by atomic mass is 9.71. The summed E-state index contributed by atoms with van der Waals surface area (Å²) in [5.74, 6) is 0. The first-order valence-electron chi connectivity index (χ1n) is 8.43. The van der Waals surface area contributed by atoms with Gasteiger partial charge in [0, 0.05) is 18.0 Å². The summed E-state index contributed by atoms with van der Waals surface area (Å²) in [4.78, 5) is 2.57. The third-order valence-electron chi connectivity index (χ3n) is 5.35. The Morgan fingerprint density at radius 3 is 2.95 bits per heavy atom. The molecule has 2 aliphatic rings. The highest BCUT2D eigenvalue weighted by atomic mass is 16.3. The SMILES string of the molecule is OC[C@]12CCCN[C@@H]1CCN(CCCc1ccccc1)C2. The highest BCUT2D eigenvalue weighted by Gasteiger charge is 2.44. The molecule has 2 heterocycles. The first-order chi connectivity index (χ1) is 10.3. The van der Waals surface area contributed by atoms with Gasteiger partial charge in [0.1, 0.15) is 0 Å². The van der Waals surface area contributed by atoms with Gasteiger partial charge in [0.05, 0.1) is 6.61 Å². The third kappa shape index (κ3) is 3.47. The van der Waals surface area contributed by atoms with Gasteiger partial charge in [-0.05, 0) is 57.3 Å². The molecule has 3 heteroatoms. The zero-order valence-corrected chi connectivity index (χ0v) is 12.9. The Labute approximate surface area is 128 Å². The molecule has 116 valence electrons. The Balaban J connectivity index is 1.50. The standard InChI is InChI=1S/C18H28N2O/c21-15-18-10-5-11-19-17(18)9-13-20(14-18)12-4-8-16-6-2-1-3-7-16/h1-3,6-7,17,19,21H,4-5,8-15H2/t17-,18-/m1/s1. The molecule has 0 radical (unpaired) electrons. The fourth-order valence-electron chi connectivity index (χ4n) is 4.12. The largest absolute Gasteiger partial charge is 0.396 e. The van der Waals surface area contributed by atoms with Gasteiger partial charge in [0.15, 0.2) is 0 Å². The van der Waals surface area contributed by atoms with Crippen LogP contribution in [0.25, 0.3) is 0 Å². The molecule has 0 bridgehead atoms. The molecule has 0 unspecified atom stereocenters. The minimum atomic E-state index is 0.114. The second-order valence-electron chi connectivity index (χ2n) is 6.78. The monoisotopic (exact) mass is 288 g/mol. The quantitative estimate of drug-likeness (QED) is 0.870. The van der Waals surface area contributed by atoms with Crippen LogP contribution in [0.4, 0.5) is 0 Å². The smallest absolute Gasteiger partial charge is 0.0514 e. The minimum Gasteiger partial charge on any atom is -0.396 e. The first kappa shape index (κ1) is 15.0. The molecule has 0 aromatic heterocycles. The number of fused-ring (bicyclic) bond motifs is 1. The van der Waals surface area contributed by atoms with E-state index in [1.54, 1.807) is 0 Å². The second kappa shape index (κ2) is 6.91. The number of benzene rings is 1. The molecule has 0 amide bonds. The van der Waals surface area contributed by atoms with Crippen molar-refractivity contribution in [3.05, 3.63) is 35.9 Å². The molecule has 2 atom stereocenters. The molecule has 2 N–H and O–H groups in total. The van der Waals surface area contributed by atoms with E-state index in [0.717, 1.165) is 26.1 Å². The predicted molar refractivity (Wildman–Crippen MR) is 86.4 cm³/mol. The fraction of sp³-hybridized carbons (Fsp3) is 0.667. The van der Waals surface area contributed by atoms with E-state index in [0.29, 0.717) is 12.6 Å². The number of hydrogen-bond acceptors (Lipinski definition) is 3. The van der Waals surface area contributed by atoms with Crippen molar-refractivity contribution in [1.29, 1.82) is 0 Å². The maximum Gasteiger partial charge on any atom is 0.0514 e. The van der Waals surface area contributed by atoms with E-state index in [-0.39, 0.29) is 5.41 Å². The normalized spacial score (nSPS) is 30.0. The molecule has 2 saturated heterocycles. The number of aryl methyl sites for hydroxylation is 1. The number of likely N-dealkylation sites (tertiary alicyclic amines) is 1. The van der Waals surface area contributed by atoms with Crippen LogP contribution < -0.4 is 5.32 Å². The zero-order chi connectivity index (χ0) is 14.5.